The summed E-state index contributed by atoms with van der Waals surface area (Å²) in [4.78, 5) is 12.4. The van der Waals surface area contributed by atoms with Gasteiger partial charge in [-0.2, -0.15) is 0 Å². The van der Waals surface area contributed by atoms with Crippen molar-refractivity contribution in [3.05, 3.63) is 103 Å². The van der Waals surface area contributed by atoms with E-state index in [1.807, 2.05) is 42.5 Å². The molecule has 0 bridgehead atoms. The van der Waals surface area contributed by atoms with Crippen molar-refractivity contribution in [3.63, 3.8) is 0 Å². The van der Waals surface area contributed by atoms with Crippen LogP contribution in [0.5, 0.6) is 5.75 Å². The van der Waals surface area contributed by atoms with Crippen LogP contribution in [-0.4, -0.2) is 12.5 Å². The maximum Gasteiger partial charge on any atom is 0.255 e. The van der Waals surface area contributed by atoms with Crippen LogP contribution in [0.25, 0.3) is 0 Å². The van der Waals surface area contributed by atoms with Crippen LogP contribution in [-0.2, 0) is 0 Å². The summed E-state index contributed by atoms with van der Waals surface area (Å²) in [7, 11) is 0. The number of nitrogens with one attached hydrogen (secondary N) is 2. The zero-order valence-corrected chi connectivity index (χ0v) is 15.9. The van der Waals surface area contributed by atoms with Gasteiger partial charge in [0.25, 0.3) is 5.91 Å². The standard InChI is InChI=1S/C24H24N2O2/c1-3-17-28-23-15-9-20(10-16-23)24(27)26-22-13-11-21(12-14-22)25-18(2)19-7-5-4-6-8-19/h3-16,18,25H,1,17H2,2H3,(H,26,27). The van der Waals surface area contributed by atoms with Crippen molar-refractivity contribution in [2.75, 3.05) is 17.2 Å². The zero-order valence-electron chi connectivity index (χ0n) is 15.9. The second kappa shape index (κ2) is 9.42. The summed E-state index contributed by atoms with van der Waals surface area (Å²) < 4.78 is 5.43. The molecular formula is C24H24N2O2. The second-order valence-corrected chi connectivity index (χ2v) is 6.43. The third-order valence-electron chi connectivity index (χ3n) is 4.31. The highest BCUT2D eigenvalue weighted by molar-refractivity contribution is 6.04. The topological polar surface area (TPSA) is 50.4 Å². The quantitative estimate of drug-likeness (QED) is 0.500. The summed E-state index contributed by atoms with van der Waals surface area (Å²) in [6.45, 7) is 6.17. The molecule has 0 spiro atoms. The minimum absolute atomic E-state index is 0.159. The van der Waals surface area contributed by atoms with Gasteiger partial charge in [0.05, 0.1) is 0 Å². The Morgan fingerprint density at radius 3 is 2.25 bits per heavy atom. The Labute approximate surface area is 165 Å². The van der Waals surface area contributed by atoms with E-state index in [9.17, 15) is 4.79 Å². The lowest BCUT2D eigenvalue weighted by Gasteiger charge is -2.16. The van der Waals surface area contributed by atoms with E-state index in [2.05, 4.69) is 36.3 Å². The van der Waals surface area contributed by atoms with E-state index in [1.165, 1.54) is 5.56 Å². The summed E-state index contributed by atoms with van der Waals surface area (Å²) in [5.41, 5.74) is 3.54. The van der Waals surface area contributed by atoms with Crippen LogP contribution in [0.15, 0.2) is 91.5 Å². The molecule has 2 N–H and O–H groups in total. The number of hydrogen-bond donors (Lipinski definition) is 2. The summed E-state index contributed by atoms with van der Waals surface area (Å²) in [6, 6.07) is 25.2. The highest BCUT2D eigenvalue weighted by atomic mass is 16.5. The number of carbonyl (C=O) groups is 1. The van der Waals surface area contributed by atoms with Gasteiger partial charge in [0.2, 0.25) is 0 Å². The molecule has 0 radical (unpaired) electrons. The van der Waals surface area contributed by atoms with Crippen molar-refractivity contribution in [2.45, 2.75) is 13.0 Å². The van der Waals surface area contributed by atoms with Crippen molar-refractivity contribution in [3.8, 4) is 5.75 Å². The average Bonchev–Trinajstić information content (AvgIpc) is 2.74. The molecule has 0 saturated heterocycles. The molecule has 1 amide bonds. The highest BCUT2D eigenvalue weighted by Crippen LogP contribution is 2.21. The molecule has 1 unspecified atom stereocenters. The first-order valence-corrected chi connectivity index (χ1v) is 9.22. The molecule has 0 aliphatic rings. The minimum atomic E-state index is -0.159. The predicted molar refractivity (Wildman–Crippen MR) is 115 cm³/mol. The van der Waals surface area contributed by atoms with Crippen LogP contribution in [0.1, 0.15) is 28.9 Å². The Kier molecular flexibility index (Phi) is 6.47. The molecule has 1 atom stereocenters. The third-order valence-corrected chi connectivity index (χ3v) is 4.31. The lowest BCUT2D eigenvalue weighted by Crippen LogP contribution is -2.12. The Balaban J connectivity index is 1.57. The summed E-state index contributed by atoms with van der Waals surface area (Å²) in [5.74, 6) is 0.549. The molecule has 0 aliphatic carbocycles. The van der Waals surface area contributed by atoms with Gasteiger partial charge in [-0.05, 0) is 61.0 Å². The molecular weight excluding hydrogens is 348 g/mol. The Morgan fingerprint density at radius 2 is 1.61 bits per heavy atom. The number of ether oxygens (including phenoxy) is 1. The lowest BCUT2D eigenvalue weighted by molar-refractivity contribution is 0.102. The third kappa shape index (κ3) is 5.24. The minimum Gasteiger partial charge on any atom is -0.490 e. The van der Waals surface area contributed by atoms with Crippen LogP contribution in [0, 0.1) is 0 Å². The van der Waals surface area contributed by atoms with Crippen LogP contribution in [0.2, 0.25) is 0 Å². The molecule has 0 fully saturated rings. The van der Waals surface area contributed by atoms with Gasteiger partial charge in [-0.3, -0.25) is 4.79 Å². The van der Waals surface area contributed by atoms with E-state index in [-0.39, 0.29) is 11.9 Å². The Morgan fingerprint density at radius 1 is 0.964 bits per heavy atom. The fourth-order valence-corrected chi connectivity index (χ4v) is 2.79. The van der Waals surface area contributed by atoms with E-state index < -0.39 is 0 Å². The summed E-state index contributed by atoms with van der Waals surface area (Å²) in [6.07, 6.45) is 1.68. The SMILES string of the molecule is C=CCOc1ccc(C(=O)Nc2ccc(NC(C)c3ccccc3)cc2)cc1. The van der Waals surface area contributed by atoms with Crippen molar-refractivity contribution in [1.29, 1.82) is 0 Å². The zero-order chi connectivity index (χ0) is 19.8. The molecule has 0 aliphatic heterocycles. The van der Waals surface area contributed by atoms with E-state index >= 15 is 0 Å². The molecule has 3 rings (SSSR count). The molecule has 3 aromatic carbocycles. The Hall–Kier alpha value is -3.53. The van der Waals surface area contributed by atoms with Crippen molar-refractivity contribution < 1.29 is 9.53 Å². The molecule has 28 heavy (non-hydrogen) atoms. The van der Waals surface area contributed by atoms with Crippen molar-refractivity contribution in [2.24, 2.45) is 0 Å². The van der Waals surface area contributed by atoms with Gasteiger partial charge in [-0.25, -0.2) is 0 Å². The van der Waals surface area contributed by atoms with Gasteiger partial charge >= 0.3 is 0 Å². The fourth-order valence-electron chi connectivity index (χ4n) is 2.79. The van der Waals surface area contributed by atoms with Crippen molar-refractivity contribution >= 4 is 17.3 Å². The van der Waals surface area contributed by atoms with E-state index in [4.69, 9.17) is 4.74 Å². The van der Waals surface area contributed by atoms with E-state index in [1.54, 1.807) is 30.3 Å². The van der Waals surface area contributed by atoms with Gasteiger partial charge < -0.3 is 15.4 Å². The normalized spacial score (nSPS) is 11.3. The number of hydrogen-bond acceptors (Lipinski definition) is 3. The monoisotopic (exact) mass is 372 g/mol. The largest absolute Gasteiger partial charge is 0.490 e. The number of carbonyl (C=O) groups excluding carboxylic acids is 1. The van der Waals surface area contributed by atoms with Crippen LogP contribution >= 0.6 is 0 Å². The van der Waals surface area contributed by atoms with E-state index in [0.29, 0.717) is 17.9 Å². The van der Waals surface area contributed by atoms with Crippen LogP contribution < -0.4 is 15.4 Å². The highest BCUT2D eigenvalue weighted by Gasteiger charge is 2.08. The fraction of sp³-hybridized carbons (Fsp3) is 0.125. The molecule has 4 heteroatoms. The first kappa shape index (κ1) is 19.2. The molecule has 4 nitrogen and oxygen atoms in total. The predicted octanol–water partition coefficient (Wildman–Crippen LogP) is 5.68. The molecule has 0 saturated carbocycles. The van der Waals surface area contributed by atoms with Gasteiger partial charge in [0.15, 0.2) is 0 Å². The second-order valence-electron chi connectivity index (χ2n) is 6.43. The number of rotatable bonds is 8. The van der Waals surface area contributed by atoms with Crippen molar-refractivity contribution in [1.82, 2.24) is 0 Å². The molecule has 142 valence electrons. The summed E-state index contributed by atoms with van der Waals surface area (Å²) in [5, 5.41) is 6.37. The average molecular weight is 372 g/mol. The molecule has 0 aromatic heterocycles. The van der Waals surface area contributed by atoms with Gasteiger partial charge in [0.1, 0.15) is 12.4 Å². The molecule has 3 aromatic rings. The van der Waals surface area contributed by atoms with E-state index in [0.717, 1.165) is 11.4 Å². The van der Waals surface area contributed by atoms with Gasteiger partial charge in [0, 0.05) is 23.0 Å². The summed E-state index contributed by atoms with van der Waals surface area (Å²) >= 11 is 0. The maximum absolute atomic E-state index is 12.4. The molecule has 0 heterocycles. The first-order valence-electron chi connectivity index (χ1n) is 9.22. The lowest BCUT2D eigenvalue weighted by atomic mass is 10.1. The maximum atomic E-state index is 12.4. The number of anilines is 2. The van der Waals surface area contributed by atoms with Crippen LogP contribution in [0.4, 0.5) is 11.4 Å². The van der Waals surface area contributed by atoms with Gasteiger partial charge in [-0.1, -0.05) is 43.0 Å². The van der Waals surface area contributed by atoms with Gasteiger partial charge in [-0.15, -0.1) is 0 Å². The smallest absolute Gasteiger partial charge is 0.255 e. The first-order chi connectivity index (χ1) is 13.7. The Bertz CT molecular complexity index is 904. The van der Waals surface area contributed by atoms with Crippen LogP contribution in [0.3, 0.4) is 0 Å². The number of amides is 1. The number of benzene rings is 3.